The molecule has 1 fully saturated rings. The van der Waals surface area contributed by atoms with E-state index in [4.69, 9.17) is 9.47 Å². The molecule has 1 rings (SSSR count). The molecule has 1 saturated heterocycles. The van der Waals surface area contributed by atoms with E-state index in [1.54, 1.807) is 14.0 Å². The van der Waals surface area contributed by atoms with Crippen molar-refractivity contribution in [1.29, 1.82) is 0 Å². The summed E-state index contributed by atoms with van der Waals surface area (Å²) in [6.07, 6.45) is -0.886. The van der Waals surface area contributed by atoms with Gasteiger partial charge in [0, 0.05) is 20.5 Å². The number of nitrogens with one attached hydrogen (secondary N) is 1. The fourth-order valence-corrected chi connectivity index (χ4v) is 1.61. The molecule has 82 valence electrons. The molecule has 1 heterocycles. The molecule has 0 spiro atoms. The second kappa shape index (κ2) is 4.72. The van der Waals surface area contributed by atoms with E-state index in [-0.39, 0.29) is 24.3 Å². The van der Waals surface area contributed by atoms with Gasteiger partial charge in [-0.05, 0) is 6.92 Å². The lowest BCUT2D eigenvalue weighted by molar-refractivity contribution is -0.214. The van der Waals surface area contributed by atoms with Crippen LogP contribution < -0.4 is 5.32 Å². The summed E-state index contributed by atoms with van der Waals surface area (Å²) in [5, 5.41) is 12.4. The minimum Gasteiger partial charge on any atom is -0.388 e. The predicted molar refractivity (Wildman–Crippen MR) is 49.6 cm³/mol. The molecule has 5 nitrogen and oxygen atoms in total. The van der Waals surface area contributed by atoms with Crippen LogP contribution in [0.25, 0.3) is 0 Å². The highest BCUT2D eigenvalue weighted by atomic mass is 16.7. The highest BCUT2D eigenvalue weighted by Gasteiger charge is 2.35. The third-order valence-corrected chi connectivity index (χ3v) is 2.36. The molecular weight excluding hydrogens is 186 g/mol. The van der Waals surface area contributed by atoms with Gasteiger partial charge in [0.05, 0.1) is 12.1 Å². The van der Waals surface area contributed by atoms with Crippen LogP contribution in [-0.2, 0) is 14.3 Å². The average molecular weight is 203 g/mol. The summed E-state index contributed by atoms with van der Waals surface area (Å²) in [6, 6.07) is -0.291. The van der Waals surface area contributed by atoms with E-state index in [0.29, 0.717) is 6.42 Å². The van der Waals surface area contributed by atoms with Gasteiger partial charge in [0.1, 0.15) is 6.10 Å². The van der Waals surface area contributed by atoms with E-state index in [1.807, 2.05) is 0 Å². The van der Waals surface area contributed by atoms with Crippen LogP contribution in [0.3, 0.4) is 0 Å². The molecule has 0 unspecified atom stereocenters. The number of amides is 1. The van der Waals surface area contributed by atoms with Gasteiger partial charge in [-0.3, -0.25) is 4.79 Å². The van der Waals surface area contributed by atoms with E-state index < -0.39 is 6.10 Å². The number of hydrogen-bond donors (Lipinski definition) is 2. The minimum absolute atomic E-state index is 0.155. The molecular formula is C9H17NO4. The van der Waals surface area contributed by atoms with Crippen LogP contribution in [0.4, 0.5) is 0 Å². The summed E-state index contributed by atoms with van der Waals surface area (Å²) in [7, 11) is 1.54. The molecule has 1 amide bonds. The van der Waals surface area contributed by atoms with Crippen molar-refractivity contribution in [2.75, 3.05) is 7.11 Å². The summed E-state index contributed by atoms with van der Waals surface area (Å²) >= 11 is 0. The van der Waals surface area contributed by atoms with Crippen molar-refractivity contribution in [2.45, 2.75) is 44.8 Å². The molecule has 0 aromatic rings. The number of aliphatic hydroxyl groups excluding tert-OH is 1. The second-order valence-electron chi connectivity index (χ2n) is 3.54. The molecule has 2 N–H and O–H groups in total. The largest absolute Gasteiger partial charge is 0.388 e. The summed E-state index contributed by atoms with van der Waals surface area (Å²) in [5.74, 6) is -0.155. The van der Waals surface area contributed by atoms with Crippen LogP contribution in [-0.4, -0.2) is 42.7 Å². The third kappa shape index (κ3) is 2.67. The second-order valence-corrected chi connectivity index (χ2v) is 3.54. The van der Waals surface area contributed by atoms with Gasteiger partial charge in [0.2, 0.25) is 5.91 Å². The van der Waals surface area contributed by atoms with Gasteiger partial charge < -0.3 is 19.9 Å². The first kappa shape index (κ1) is 11.4. The summed E-state index contributed by atoms with van der Waals surface area (Å²) in [6.45, 7) is 3.18. The van der Waals surface area contributed by atoms with Gasteiger partial charge in [0.25, 0.3) is 0 Å². The lowest BCUT2D eigenvalue weighted by Gasteiger charge is -2.37. The smallest absolute Gasteiger partial charge is 0.217 e. The summed E-state index contributed by atoms with van der Waals surface area (Å²) in [4.78, 5) is 10.9. The molecule has 5 heteroatoms. The molecule has 1 aliphatic heterocycles. The number of carbonyl (C=O) groups excluding carboxylic acids is 1. The first-order valence-corrected chi connectivity index (χ1v) is 4.68. The van der Waals surface area contributed by atoms with E-state index in [0.717, 1.165) is 0 Å². The van der Waals surface area contributed by atoms with Crippen molar-refractivity contribution in [3.05, 3.63) is 0 Å². The normalized spacial score (nSPS) is 38.0. The number of hydrogen-bond acceptors (Lipinski definition) is 4. The van der Waals surface area contributed by atoms with Crippen molar-refractivity contribution in [3.63, 3.8) is 0 Å². The minimum atomic E-state index is -0.676. The zero-order valence-electron chi connectivity index (χ0n) is 8.69. The molecule has 1 aliphatic rings. The van der Waals surface area contributed by atoms with E-state index in [1.165, 1.54) is 6.92 Å². The van der Waals surface area contributed by atoms with Crippen molar-refractivity contribution >= 4 is 5.91 Å². The average Bonchev–Trinajstić information content (AvgIpc) is 2.11. The van der Waals surface area contributed by atoms with Crippen molar-refractivity contribution < 1.29 is 19.4 Å². The fraction of sp³-hybridized carbons (Fsp3) is 0.889. The van der Waals surface area contributed by atoms with Crippen LogP contribution in [0, 0.1) is 0 Å². The Morgan fingerprint density at radius 2 is 2.29 bits per heavy atom. The van der Waals surface area contributed by atoms with Gasteiger partial charge >= 0.3 is 0 Å². The quantitative estimate of drug-likeness (QED) is 0.642. The molecule has 14 heavy (non-hydrogen) atoms. The lowest BCUT2D eigenvalue weighted by atomic mass is 9.99. The van der Waals surface area contributed by atoms with Gasteiger partial charge in [-0.15, -0.1) is 0 Å². The zero-order valence-corrected chi connectivity index (χ0v) is 8.69. The maximum Gasteiger partial charge on any atom is 0.217 e. The molecule has 0 saturated carbocycles. The SMILES string of the molecule is CO[C@@H]1C[C@H](NC(C)=O)[C@@H](O)[C@@H](C)O1. The Morgan fingerprint density at radius 3 is 2.79 bits per heavy atom. The van der Waals surface area contributed by atoms with Crippen molar-refractivity contribution in [3.8, 4) is 0 Å². The van der Waals surface area contributed by atoms with E-state index >= 15 is 0 Å². The van der Waals surface area contributed by atoms with Crippen LogP contribution >= 0.6 is 0 Å². The predicted octanol–water partition coefficient (Wildman–Crippen LogP) is -0.367. The Bertz CT molecular complexity index is 209. The number of rotatable bonds is 2. The first-order valence-electron chi connectivity index (χ1n) is 4.68. The maximum atomic E-state index is 10.9. The van der Waals surface area contributed by atoms with Crippen molar-refractivity contribution in [2.24, 2.45) is 0 Å². The highest BCUT2D eigenvalue weighted by molar-refractivity contribution is 5.73. The standard InChI is InChI=1S/C9H17NO4/c1-5-9(12)7(10-6(2)11)4-8(13-3)14-5/h5,7-9,12H,4H2,1-3H3,(H,10,11)/t5-,7+,8+,9+/m1/s1. The Morgan fingerprint density at radius 1 is 1.64 bits per heavy atom. The van der Waals surface area contributed by atoms with Crippen LogP contribution in [0.15, 0.2) is 0 Å². The highest BCUT2D eigenvalue weighted by Crippen LogP contribution is 2.20. The number of aliphatic hydroxyl groups is 1. The number of carbonyl (C=O) groups is 1. The molecule has 4 atom stereocenters. The van der Waals surface area contributed by atoms with Crippen LogP contribution in [0.5, 0.6) is 0 Å². The lowest BCUT2D eigenvalue weighted by Crippen LogP contribution is -2.54. The van der Waals surface area contributed by atoms with E-state index in [2.05, 4.69) is 5.32 Å². The Labute approximate surface area is 83.4 Å². The van der Waals surface area contributed by atoms with Gasteiger partial charge in [-0.2, -0.15) is 0 Å². The van der Waals surface area contributed by atoms with Crippen LogP contribution in [0.1, 0.15) is 20.3 Å². The first-order chi connectivity index (χ1) is 6.54. The Balaban J connectivity index is 2.57. The fourth-order valence-electron chi connectivity index (χ4n) is 1.61. The van der Waals surface area contributed by atoms with Crippen molar-refractivity contribution in [1.82, 2.24) is 5.32 Å². The molecule has 0 bridgehead atoms. The molecule has 0 aromatic heterocycles. The van der Waals surface area contributed by atoms with E-state index in [9.17, 15) is 9.90 Å². The molecule has 0 aromatic carbocycles. The van der Waals surface area contributed by atoms with Gasteiger partial charge in [-0.25, -0.2) is 0 Å². The van der Waals surface area contributed by atoms with Crippen LogP contribution in [0.2, 0.25) is 0 Å². The monoisotopic (exact) mass is 203 g/mol. The topological polar surface area (TPSA) is 67.8 Å². The molecule has 0 aliphatic carbocycles. The Kier molecular flexibility index (Phi) is 3.86. The zero-order chi connectivity index (χ0) is 10.7. The summed E-state index contributed by atoms with van der Waals surface area (Å²) < 4.78 is 10.4. The third-order valence-electron chi connectivity index (χ3n) is 2.36. The van der Waals surface area contributed by atoms with Gasteiger partial charge in [0.15, 0.2) is 6.29 Å². The van der Waals surface area contributed by atoms with Gasteiger partial charge in [-0.1, -0.05) is 0 Å². The number of ether oxygens (including phenoxy) is 2. The number of methoxy groups -OCH3 is 1. The maximum absolute atomic E-state index is 10.9. The molecule has 0 radical (unpaired) electrons. The summed E-state index contributed by atoms with van der Waals surface area (Å²) in [5.41, 5.74) is 0. The Hall–Kier alpha value is -0.650.